The van der Waals surface area contributed by atoms with Crippen molar-refractivity contribution in [1.82, 2.24) is 0 Å². The van der Waals surface area contributed by atoms with E-state index < -0.39 is 0 Å². The summed E-state index contributed by atoms with van der Waals surface area (Å²) in [6.07, 6.45) is 0. The third-order valence-corrected chi connectivity index (χ3v) is 12.8. The summed E-state index contributed by atoms with van der Waals surface area (Å²) in [5, 5.41) is 7.65. The molecule has 2 aliphatic carbocycles. The molecule has 0 atom stereocenters. The van der Waals surface area contributed by atoms with Crippen molar-refractivity contribution in [2.24, 2.45) is 0 Å². The van der Waals surface area contributed by atoms with Crippen LogP contribution in [0.1, 0.15) is 49.9 Å². The monoisotopic (exact) mass is 688 g/mol. The Balaban J connectivity index is 1.03. The summed E-state index contributed by atoms with van der Waals surface area (Å²) in [5.41, 5.74) is 18.8. The Labute approximate surface area is 317 Å². The molecule has 0 aromatic heterocycles. The van der Waals surface area contributed by atoms with Crippen molar-refractivity contribution in [1.29, 1.82) is 0 Å². The minimum Gasteiger partial charge on any atom is -0.0619 e. The second kappa shape index (κ2) is 11.1. The number of hydrogen-bond acceptors (Lipinski definition) is 0. The molecule has 0 saturated carbocycles. The van der Waals surface area contributed by atoms with Gasteiger partial charge < -0.3 is 0 Å². The maximum atomic E-state index is 2.45. The van der Waals surface area contributed by atoms with Crippen LogP contribution in [-0.4, -0.2) is 0 Å². The van der Waals surface area contributed by atoms with E-state index in [4.69, 9.17) is 0 Å². The fourth-order valence-corrected chi connectivity index (χ4v) is 10.3. The summed E-state index contributed by atoms with van der Waals surface area (Å²) in [6.45, 7) is 9.66. The van der Waals surface area contributed by atoms with Crippen molar-refractivity contribution >= 4 is 32.3 Å². The first kappa shape index (κ1) is 31.3. The molecule has 2 aliphatic rings. The van der Waals surface area contributed by atoms with E-state index in [9.17, 15) is 0 Å². The Morgan fingerprint density at radius 3 is 1.41 bits per heavy atom. The van der Waals surface area contributed by atoms with Crippen molar-refractivity contribution in [2.45, 2.75) is 38.5 Å². The Morgan fingerprint density at radius 1 is 0.296 bits per heavy atom. The lowest BCUT2D eigenvalue weighted by atomic mass is 9.72. The van der Waals surface area contributed by atoms with E-state index in [1.165, 1.54) is 110 Å². The quantitative estimate of drug-likeness (QED) is 0.162. The number of hydrogen-bond donors (Lipinski definition) is 0. The molecule has 0 fully saturated rings. The van der Waals surface area contributed by atoms with Crippen molar-refractivity contribution in [3.8, 4) is 55.6 Å². The van der Waals surface area contributed by atoms with Crippen LogP contribution in [0.25, 0.3) is 88.0 Å². The first-order valence-electron chi connectivity index (χ1n) is 19.3. The molecule has 9 aromatic rings. The first-order valence-corrected chi connectivity index (χ1v) is 19.3. The van der Waals surface area contributed by atoms with Crippen LogP contribution >= 0.6 is 0 Å². The van der Waals surface area contributed by atoms with Crippen molar-refractivity contribution in [3.05, 3.63) is 192 Å². The molecule has 0 heterocycles. The molecule has 9 aromatic carbocycles. The van der Waals surface area contributed by atoms with E-state index in [0.717, 1.165) is 0 Å². The van der Waals surface area contributed by atoms with Crippen molar-refractivity contribution in [3.63, 3.8) is 0 Å². The molecular formula is C54H40. The molecule has 0 heteroatoms. The van der Waals surface area contributed by atoms with E-state index in [0.29, 0.717) is 0 Å². The van der Waals surface area contributed by atoms with Gasteiger partial charge in [-0.15, -0.1) is 0 Å². The van der Waals surface area contributed by atoms with Crippen LogP contribution in [-0.2, 0) is 10.8 Å². The second-order valence-electron chi connectivity index (χ2n) is 16.4. The summed E-state index contributed by atoms with van der Waals surface area (Å²) < 4.78 is 0. The van der Waals surface area contributed by atoms with Crippen LogP contribution < -0.4 is 0 Å². The molecular weight excluding hydrogens is 649 g/mol. The van der Waals surface area contributed by atoms with Crippen LogP contribution in [0.5, 0.6) is 0 Å². The highest BCUT2D eigenvalue weighted by atomic mass is 14.5. The third-order valence-electron chi connectivity index (χ3n) is 12.8. The number of fused-ring (bicyclic) bond motifs is 10. The number of rotatable bonds is 3. The van der Waals surface area contributed by atoms with Gasteiger partial charge in [-0.25, -0.2) is 0 Å². The summed E-state index contributed by atoms with van der Waals surface area (Å²) >= 11 is 0. The first-order chi connectivity index (χ1) is 26.3. The average molecular weight is 689 g/mol. The topological polar surface area (TPSA) is 0 Å². The van der Waals surface area contributed by atoms with Gasteiger partial charge in [-0.2, -0.15) is 0 Å². The summed E-state index contributed by atoms with van der Waals surface area (Å²) in [5.74, 6) is 0. The Bertz CT molecular complexity index is 2970. The second-order valence-corrected chi connectivity index (χ2v) is 16.4. The van der Waals surface area contributed by atoms with Gasteiger partial charge in [-0.05, 0) is 122 Å². The van der Waals surface area contributed by atoms with Crippen LogP contribution in [0.15, 0.2) is 170 Å². The van der Waals surface area contributed by atoms with Gasteiger partial charge in [-0.3, -0.25) is 0 Å². The molecule has 54 heavy (non-hydrogen) atoms. The van der Waals surface area contributed by atoms with Gasteiger partial charge >= 0.3 is 0 Å². The maximum Gasteiger partial charge on any atom is 0.0162 e. The molecule has 0 saturated heterocycles. The smallest absolute Gasteiger partial charge is 0.0162 e. The van der Waals surface area contributed by atoms with E-state index in [2.05, 4.69) is 198 Å². The number of benzene rings is 9. The molecule has 0 amide bonds. The fraction of sp³-hybridized carbons (Fsp3) is 0.111. The van der Waals surface area contributed by atoms with Gasteiger partial charge in [0.15, 0.2) is 0 Å². The zero-order valence-electron chi connectivity index (χ0n) is 31.2. The summed E-state index contributed by atoms with van der Waals surface area (Å²) in [6, 6.07) is 63.7. The summed E-state index contributed by atoms with van der Waals surface area (Å²) in [7, 11) is 0. The average Bonchev–Trinajstić information content (AvgIpc) is 3.58. The highest BCUT2D eigenvalue weighted by Crippen LogP contribution is 2.59. The minimum atomic E-state index is -0.0845. The minimum absolute atomic E-state index is 0.0444. The van der Waals surface area contributed by atoms with Crippen molar-refractivity contribution < 1.29 is 0 Å². The van der Waals surface area contributed by atoms with E-state index in [1.807, 2.05) is 0 Å². The fourth-order valence-electron chi connectivity index (χ4n) is 10.3. The molecule has 0 unspecified atom stereocenters. The van der Waals surface area contributed by atoms with E-state index in [1.54, 1.807) is 0 Å². The Kier molecular flexibility index (Phi) is 6.46. The zero-order valence-corrected chi connectivity index (χ0v) is 31.2. The van der Waals surface area contributed by atoms with Gasteiger partial charge in [0.25, 0.3) is 0 Å². The Hall–Kier alpha value is -6.24. The molecule has 0 spiro atoms. The highest BCUT2D eigenvalue weighted by molar-refractivity contribution is 6.21. The van der Waals surface area contributed by atoms with Gasteiger partial charge in [0.2, 0.25) is 0 Å². The van der Waals surface area contributed by atoms with Crippen molar-refractivity contribution in [2.75, 3.05) is 0 Å². The van der Waals surface area contributed by atoms with Crippen LogP contribution in [0.4, 0.5) is 0 Å². The molecule has 256 valence electrons. The van der Waals surface area contributed by atoms with Gasteiger partial charge in [-0.1, -0.05) is 185 Å². The zero-order chi connectivity index (χ0) is 36.3. The lowest BCUT2D eigenvalue weighted by Crippen LogP contribution is -2.24. The normalized spacial score (nSPS) is 14.6. The summed E-state index contributed by atoms with van der Waals surface area (Å²) in [4.78, 5) is 0. The standard InChI is InChI=1S/C54H40/c1-53(2)47-20-12-11-15-39(47)44-28-29-45-46-32-37(27-30-48(46)54(3,4)52(45)51(44)53)34-21-24-35(25-22-34)49-40-16-7-9-18-42(40)50(43-19-10-8-17-41(43)49)38-26-23-33-13-5-6-14-36(33)31-38/h5-32H,1-4H3. The lowest BCUT2D eigenvalue weighted by molar-refractivity contribution is 0.601. The van der Waals surface area contributed by atoms with Crippen LogP contribution in [0.2, 0.25) is 0 Å². The molecule has 11 rings (SSSR count). The molecule has 0 radical (unpaired) electrons. The predicted octanol–water partition coefficient (Wildman–Crippen LogP) is 14.8. The Morgan fingerprint density at radius 2 is 0.759 bits per heavy atom. The van der Waals surface area contributed by atoms with E-state index >= 15 is 0 Å². The maximum absolute atomic E-state index is 2.45. The van der Waals surface area contributed by atoms with Gasteiger partial charge in [0.1, 0.15) is 0 Å². The SMILES string of the molecule is CC1(C)c2ccccc2-c2ccc3c(c21)C(C)(C)c1ccc(-c2ccc(-c4c5ccccc5c(-c5ccc6ccccc6c5)c5ccccc45)cc2)cc1-3. The molecule has 0 nitrogen and oxygen atoms in total. The van der Waals surface area contributed by atoms with Crippen LogP contribution in [0.3, 0.4) is 0 Å². The van der Waals surface area contributed by atoms with Crippen LogP contribution in [0, 0.1) is 0 Å². The predicted molar refractivity (Wildman–Crippen MR) is 230 cm³/mol. The van der Waals surface area contributed by atoms with E-state index in [-0.39, 0.29) is 10.8 Å². The van der Waals surface area contributed by atoms with Gasteiger partial charge in [0, 0.05) is 10.8 Å². The lowest BCUT2D eigenvalue weighted by Gasteiger charge is -2.30. The largest absolute Gasteiger partial charge is 0.0619 e. The molecule has 0 bridgehead atoms. The molecule has 0 N–H and O–H groups in total. The highest BCUT2D eigenvalue weighted by Gasteiger charge is 2.45. The molecule has 0 aliphatic heterocycles. The third kappa shape index (κ3) is 4.26. The van der Waals surface area contributed by atoms with Gasteiger partial charge in [0.05, 0.1) is 0 Å².